The molecule has 1 amide bonds. The van der Waals surface area contributed by atoms with Crippen LogP contribution in [0, 0.1) is 11.3 Å². The topological polar surface area (TPSA) is 75.0 Å². The second kappa shape index (κ2) is 6.16. The van der Waals surface area contributed by atoms with Gasteiger partial charge in [0, 0.05) is 11.1 Å². The van der Waals surface area contributed by atoms with Gasteiger partial charge < -0.3 is 10.1 Å². The second-order valence-corrected chi connectivity index (χ2v) is 4.87. The quantitative estimate of drug-likeness (QED) is 0.805. The Morgan fingerprint density at radius 3 is 2.83 bits per heavy atom. The van der Waals surface area contributed by atoms with Crippen molar-refractivity contribution in [2.24, 2.45) is 0 Å². The van der Waals surface area contributed by atoms with Crippen LogP contribution in [0.4, 0.5) is 5.69 Å². The van der Waals surface area contributed by atoms with Gasteiger partial charge in [0.25, 0.3) is 5.91 Å². The number of pyridine rings is 1. The summed E-state index contributed by atoms with van der Waals surface area (Å²) in [5, 5.41) is 12.5. The van der Waals surface area contributed by atoms with Crippen LogP contribution in [0.1, 0.15) is 15.9 Å². The summed E-state index contributed by atoms with van der Waals surface area (Å²) < 4.78 is 5.28. The molecule has 0 aliphatic rings. The first-order valence-electron chi connectivity index (χ1n) is 6.96. The zero-order valence-corrected chi connectivity index (χ0v) is 12.4. The Bertz CT molecular complexity index is 929. The van der Waals surface area contributed by atoms with Gasteiger partial charge in [-0.15, -0.1) is 0 Å². The molecule has 1 aromatic heterocycles. The van der Waals surface area contributed by atoms with E-state index in [-0.39, 0.29) is 5.91 Å². The van der Waals surface area contributed by atoms with Gasteiger partial charge >= 0.3 is 0 Å². The van der Waals surface area contributed by atoms with Gasteiger partial charge in [0.15, 0.2) is 5.75 Å². The van der Waals surface area contributed by atoms with E-state index in [1.165, 1.54) is 13.3 Å². The number of hydrogen-bond donors (Lipinski definition) is 1. The Hall–Kier alpha value is -3.39. The summed E-state index contributed by atoms with van der Waals surface area (Å²) in [6.45, 7) is 0. The van der Waals surface area contributed by atoms with Gasteiger partial charge in [-0.05, 0) is 24.3 Å². The Morgan fingerprint density at radius 1 is 1.22 bits per heavy atom. The Balaban J connectivity index is 2.05. The summed E-state index contributed by atoms with van der Waals surface area (Å²) in [5.74, 6) is 0.0909. The second-order valence-electron chi connectivity index (χ2n) is 4.87. The third-order valence-corrected chi connectivity index (χ3v) is 3.44. The van der Waals surface area contributed by atoms with Crippen molar-refractivity contribution < 1.29 is 9.53 Å². The standard InChI is InChI=1S/C18H13N3O2/c1-23-16-11-20-15-8-3-2-7-14(15)17(16)18(22)21-13-6-4-5-12(9-13)10-19/h2-9,11H,1H3,(H,21,22). The van der Waals surface area contributed by atoms with Crippen molar-refractivity contribution in [2.75, 3.05) is 12.4 Å². The van der Waals surface area contributed by atoms with Gasteiger partial charge in [0.05, 0.1) is 36.0 Å². The first-order chi connectivity index (χ1) is 11.2. The largest absolute Gasteiger partial charge is 0.494 e. The number of amides is 1. The summed E-state index contributed by atoms with van der Waals surface area (Å²) in [6.07, 6.45) is 1.53. The number of aromatic nitrogens is 1. The molecule has 3 aromatic rings. The van der Waals surface area contributed by atoms with Crippen LogP contribution in [0.15, 0.2) is 54.7 Å². The number of nitriles is 1. The Morgan fingerprint density at radius 2 is 2.04 bits per heavy atom. The summed E-state index contributed by atoms with van der Waals surface area (Å²) in [4.78, 5) is 17.0. The van der Waals surface area contributed by atoms with Crippen molar-refractivity contribution in [3.8, 4) is 11.8 Å². The number of nitrogens with one attached hydrogen (secondary N) is 1. The highest BCUT2D eigenvalue weighted by atomic mass is 16.5. The Labute approximate surface area is 133 Å². The molecule has 3 rings (SSSR count). The van der Waals surface area contributed by atoms with Crippen LogP contribution in [-0.2, 0) is 0 Å². The molecule has 0 radical (unpaired) electrons. The molecule has 0 saturated carbocycles. The number of anilines is 1. The van der Waals surface area contributed by atoms with Crippen molar-refractivity contribution in [1.82, 2.24) is 4.98 Å². The highest BCUT2D eigenvalue weighted by Gasteiger charge is 2.17. The van der Waals surface area contributed by atoms with E-state index in [9.17, 15) is 4.79 Å². The zero-order valence-electron chi connectivity index (χ0n) is 12.4. The van der Waals surface area contributed by atoms with Crippen molar-refractivity contribution in [3.05, 3.63) is 65.9 Å². The maximum absolute atomic E-state index is 12.7. The van der Waals surface area contributed by atoms with Gasteiger partial charge in [0.1, 0.15) is 0 Å². The van der Waals surface area contributed by atoms with Crippen LogP contribution < -0.4 is 10.1 Å². The molecule has 5 heteroatoms. The summed E-state index contributed by atoms with van der Waals surface area (Å²) >= 11 is 0. The van der Waals surface area contributed by atoms with E-state index < -0.39 is 0 Å². The molecule has 0 aliphatic heterocycles. The fourth-order valence-electron chi connectivity index (χ4n) is 2.37. The predicted molar refractivity (Wildman–Crippen MR) is 87.4 cm³/mol. The molecular formula is C18H13N3O2. The van der Waals surface area contributed by atoms with Crippen molar-refractivity contribution >= 4 is 22.5 Å². The normalized spacial score (nSPS) is 10.1. The number of nitrogens with zero attached hydrogens (tertiary/aromatic N) is 2. The molecule has 5 nitrogen and oxygen atoms in total. The molecule has 23 heavy (non-hydrogen) atoms. The third-order valence-electron chi connectivity index (χ3n) is 3.44. The number of benzene rings is 2. The number of carbonyl (C=O) groups excluding carboxylic acids is 1. The minimum atomic E-state index is -0.310. The predicted octanol–water partition coefficient (Wildman–Crippen LogP) is 3.37. The van der Waals surface area contributed by atoms with Gasteiger partial charge in [-0.25, -0.2) is 0 Å². The van der Waals surface area contributed by atoms with Crippen molar-refractivity contribution in [2.45, 2.75) is 0 Å². The molecule has 1 heterocycles. The SMILES string of the molecule is COc1cnc2ccccc2c1C(=O)Nc1cccc(C#N)c1. The van der Waals surface area contributed by atoms with Crippen molar-refractivity contribution in [1.29, 1.82) is 5.26 Å². The number of rotatable bonds is 3. The van der Waals surface area contributed by atoms with Gasteiger partial charge in [0.2, 0.25) is 0 Å². The number of para-hydroxylation sites is 1. The van der Waals surface area contributed by atoms with Gasteiger partial charge in [-0.3, -0.25) is 9.78 Å². The lowest BCUT2D eigenvalue weighted by Gasteiger charge is -2.12. The molecule has 0 aliphatic carbocycles. The van der Waals surface area contributed by atoms with Crippen LogP contribution in [0.5, 0.6) is 5.75 Å². The summed E-state index contributed by atoms with van der Waals surface area (Å²) in [7, 11) is 1.50. The number of ether oxygens (including phenoxy) is 1. The fraction of sp³-hybridized carbons (Fsp3) is 0.0556. The number of carbonyl (C=O) groups is 1. The zero-order chi connectivity index (χ0) is 16.2. The molecule has 0 fully saturated rings. The van der Waals surface area contributed by atoms with E-state index in [1.54, 1.807) is 24.3 Å². The molecule has 0 bridgehead atoms. The monoisotopic (exact) mass is 303 g/mol. The highest BCUT2D eigenvalue weighted by Crippen LogP contribution is 2.27. The molecular weight excluding hydrogens is 290 g/mol. The summed E-state index contributed by atoms with van der Waals surface area (Å²) in [5.41, 5.74) is 2.16. The lowest BCUT2D eigenvalue weighted by molar-refractivity contribution is 0.102. The third kappa shape index (κ3) is 2.83. The molecule has 0 spiro atoms. The lowest BCUT2D eigenvalue weighted by atomic mass is 10.1. The molecule has 0 saturated heterocycles. The van der Waals surface area contributed by atoms with E-state index in [0.717, 1.165) is 0 Å². The van der Waals surface area contributed by atoms with Crippen LogP contribution in [-0.4, -0.2) is 18.0 Å². The van der Waals surface area contributed by atoms with E-state index in [4.69, 9.17) is 10.00 Å². The molecule has 112 valence electrons. The van der Waals surface area contributed by atoms with Gasteiger partial charge in [-0.2, -0.15) is 5.26 Å². The molecule has 1 N–H and O–H groups in total. The maximum Gasteiger partial charge on any atom is 0.260 e. The number of methoxy groups -OCH3 is 1. The first kappa shape index (κ1) is 14.5. The Kier molecular flexibility index (Phi) is 3.89. The maximum atomic E-state index is 12.7. The number of hydrogen-bond acceptors (Lipinski definition) is 4. The van der Waals surface area contributed by atoms with E-state index in [0.29, 0.717) is 33.5 Å². The van der Waals surface area contributed by atoms with Crippen LogP contribution in [0.3, 0.4) is 0 Å². The molecule has 0 atom stereocenters. The minimum absolute atomic E-state index is 0.310. The van der Waals surface area contributed by atoms with E-state index in [1.807, 2.05) is 30.3 Å². The lowest BCUT2D eigenvalue weighted by Crippen LogP contribution is -2.14. The molecule has 2 aromatic carbocycles. The average molecular weight is 303 g/mol. The van der Waals surface area contributed by atoms with Crippen LogP contribution in [0.2, 0.25) is 0 Å². The number of fused-ring (bicyclic) bond motifs is 1. The molecule has 0 unspecified atom stereocenters. The average Bonchev–Trinajstić information content (AvgIpc) is 2.60. The first-order valence-corrected chi connectivity index (χ1v) is 6.96. The minimum Gasteiger partial charge on any atom is -0.494 e. The highest BCUT2D eigenvalue weighted by molar-refractivity contribution is 6.14. The van der Waals surface area contributed by atoms with E-state index in [2.05, 4.69) is 10.3 Å². The fourth-order valence-corrected chi connectivity index (χ4v) is 2.37. The smallest absolute Gasteiger partial charge is 0.260 e. The van der Waals surface area contributed by atoms with Crippen molar-refractivity contribution in [3.63, 3.8) is 0 Å². The summed E-state index contributed by atoms with van der Waals surface area (Å²) in [6, 6.07) is 16.2. The van der Waals surface area contributed by atoms with E-state index >= 15 is 0 Å². The van der Waals surface area contributed by atoms with Crippen LogP contribution >= 0.6 is 0 Å². The van der Waals surface area contributed by atoms with Gasteiger partial charge in [-0.1, -0.05) is 24.3 Å². The van der Waals surface area contributed by atoms with Crippen LogP contribution in [0.25, 0.3) is 10.9 Å².